The van der Waals surface area contributed by atoms with Gasteiger partial charge in [-0.25, -0.2) is 15.0 Å². The number of hydrogen-bond acceptors (Lipinski definition) is 3. The van der Waals surface area contributed by atoms with Crippen molar-refractivity contribution in [2.75, 3.05) is 0 Å². The molecule has 0 N–H and O–H groups in total. The van der Waals surface area contributed by atoms with Crippen molar-refractivity contribution >= 4 is 17.0 Å². The molecule has 3 nitrogen and oxygen atoms in total. The second kappa shape index (κ2) is 19.8. The van der Waals surface area contributed by atoms with Crippen LogP contribution in [0.2, 0.25) is 0 Å². The van der Waals surface area contributed by atoms with Crippen LogP contribution in [0.5, 0.6) is 0 Å². The van der Waals surface area contributed by atoms with E-state index in [1.54, 1.807) is 0 Å². The maximum atomic E-state index is 5.18. The van der Waals surface area contributed by atoms with E-state index in [0.29, 0.717) is 5.82 Å². The summed E-state index contributed by atoms with van der Waals surface area (Å²) in [6.07, 6.45) is 4.06. The molecule has 0 spiro atoms. The highest BCUT2D eigenvalue weighted by molar-refractivity contribution is 6.14. The van der Waals surface area contributed by atoms with E-state index in [4.69, 9.17) is 15.0 Å². The molecule has 66 heavy (non-hydrogen) atoms. The SMILES string of the molecule is C=C(N=C(/C=C(\C)c1ccc(-c2ccccc2)cc1)c1ccccc1)c1ccc(C(CC)(CC)c2ccc(-c3nc(-c4ccccc4)cc(-c4ccc(-c5ccccc5)cc4)n3)cc2)cc1. The zero-order valence-electron chi connectivity index (χ0n) is 37.9. The molecular weight excluding hydrogens is 799 g/mol. The first-order valence-electron chi connectivity index (χ1n) is 22.9. The number of rotatable bonds is 14. The van der Waals surface area contributed by atoms with Crippen molar-refractivity contribution in [3.63, 3.8) is 0 Å². The predicted octanol–water partition coefficient (Wildman–Crippen LogP) is 16.5. The quantitative estimate of drug-likeness (QED) is 0.102. The summed E-state index contributed by atoms with van der Waals surface area (Å²) in [5, 5.41) is 0. The Morgan fingerprint density at radius 2 is 0.818 bits per heavy atom. The van der Waals surface area contributed by atoms with Crippen LogP contribution in [0.15, 0.2) is 242 Å². The predicted molar refractivity (Wildman–Crippen MR) is 279 cm³/mol. The molecule has 0 fully saturated rings. The Kier molecular flexibility index (Phi) is 13.0. The Bertz CT molecular complexity index is 3090. The molecule has 1 aromatic heterocycles. The molecule has 0 aliphatic heterocycles. The summed E-state index contributed by atoms with van der Waals surface area (Å²) in [5.41, 5.74) is 17.9. The van der Waals surface area contributed by atoms with Crippen LogP contribution in [0.3, 0.4) is 0 Å². The summed E-state index contributed by atoms with van der Waals surface area (Å²) in [6.45, 7) is 11.2. The van der Waals surface area contributed by atoms with Gasteiger partial charge in [-0.15, -0.1) is 0 Å². The third-order valence-corrected chi connectivity index (χ3v) is 12.9. The van der Waals surface area contributed by atoms with Gasteiger partial charge in [-0.2, -0.15) is 0 Å². The Hall–Kier alpha value is -8.01. The van der Waals surface area contributed by atoms with Gasteiger partial charge in [0.05, 0.1) is 22.8 Å². The molecule has 9 rings (SSSR count). The highest BCUT2D eigenvalue weighted by Gasteiger charge is 2.31. The molecule has 9 aromatic rings. The monoisotopic (exact) mass is 851 g/mol. The van der Waals surface area contributed by atoms with Gasteiger partial charge in [-0.3, -0.25) is 0 Å². The molecule has 0 aliphatic carbocycles. The first-order valence-corrected chi connectivity index (χ1v) is 22.9. The third-order valence-electron chi connectivity index (χ3n) is 12.9. The van der Waals surface area contributed by atoms with Gasteiger partial charge >= 0.3 is 0 Å². The fourth-order valence-electron chi connectivity index (χ4n) is 8.94. The molecule has 1 heterocycles. The van der Waals surface area contributed by atoms with Crippen molar-refractivity contribution in [3.8, 4) is 56.2 Å². The van der Waals surface area contributed by atoms with Gasteiger partial charge in [-0.1, -0.05) is 239 Å². The fourth-order valence-corrected chi connectivity index (χ4v) is 8.94. The van der Waals surface area contributed by atoms with E-state index in [0.717, 1.165) is 74.6 Å². The Morgan fingerprint density at radius 3 is 1.32 bits per heavy atom. The van der Waals surface area contributed by atoms with Crippen LogP contribution in [0.25, 0.3) is 67.4 Å². The van der Waals surface area contributed by atoms with Gasteiger partial charge < -0.3 is 0 Å². The molecule has 320 valence electrons. The van der Waals surface area contributed by atoms with Crippen LogP contribution in [0, 0.1) is 0 Å². The van der Waals surface area contributed by atoms with Gasteiger partial charge in [0.1, 0.15) is 0 Å². The minimum atomic E-state index is -0.189. The minimum absolute atomic E-state index is 0.189. The lowest BCUT2D eigenvalue weighted by Crippen LogP contribution is -2.26. The van der Waals surface area contributed by atoms with Gasteiger partial charge in [0, 0.05) is 27.7 Å². The third kappa shape index (κ3) is 9.43. The lowest BCUT2D eigenvalue weighted by atomic mass is 9.70. The van der Waals surface area contributed by atoms with E-state index < -0.39 is 0 Å². The Labute approximate surface area is 390 Å². The average Bonchev–Trinajstić information content (AvgIpc) is 3.40. The summed E-state index contributed by atoms with van der Waals surface area (Å²) >= 11 is 0. The van der Waals surface area contributed by atoms with Crippen molar-refractivity contribution in [2.45, 2.75) is 39.0 Å². The second-order valence-electron chi connectivity index (χ2n) is 16.8. The highest BCUT2D eigenvalue weighted by Crippen LogP contribution is 2.40. The first kappa shape index (κ1) is 43.3. The van der Waals surface area contributed by atoms with Crippen molar-refractivity contribution in [1.29, 1.82) is 0 Å². The second-order valence-corrected chi connectivity index (χ2v) is 16.8. The van der Waals surface area contributed by atoms with E-state index in [1.807, 2.05) is 24.3 Å². The zero-order chi connectivity index (χ0) is 45.3. The molecule has 0 bridgehead atoms. The summed E-state index contributed by atoms with van der Waals surface area (Å²) in [7, 11) is 0. The number of benzene rings is 8. The van der Waals surface area contributed by atoms with E-state index in [1.165, 1.54) is 33.4 Å². The number of hydrogen-bond donors (Lipinski definition) is 0. The minimum Gasteiger partial charge on any atom is -0.248 e. The smallest absolute Gasteiger partial charge is 0.160 e. The Balaban J connectivity index is 0.986. The van der Waals surface area contributed by atoms with E-state index >= 15 is 0 Å². The molecule has 0 radical (unpaired) electrons. The van der Waals surface area contributed by atoms with E-state index in [9.17, 15) is 0 Å². The van der Waals surface area contributed by atoms with E-state index in [2.05, 4.69) is 234 Å². The molecule has 0 atom stereocenters. The topological polar surface area (TPSA) is 38.1 Å². The normalized spacial score (nSPS) is 11.9. The van der Waals surface area contributed by atoms with E-state index in [-0.39, 0.29) is 5.41 Å². The molecule has 0 saturated heterocycles. The fraction of sp³-hybridized carbons (Fsp3) is 0.0952. The van der Waals surface area contributed by atoms with Crippen LogP contribution in [-0.4, -0.2) is 15.7 Å². The summed E-state index contributed by atoms with van der Waals surface area (Å²) in [4.78, 5) is 15.5. The lowest BCUT2D eigenvalue weighted by molar-refractivity contribution is 0.478. The van der Waals surface area contributed by atoms with Gasteiger partial charge in [0.2, 0.25) is 0 Å². The lowest BCUT2D eigenvalue weighted by Gasteiger charge is -2.33. The molecule has 0 saturated carbocycles. The Morgan fingerprint density at radius 1 is 0.439 bits per heavy atom. The summed E-state index contributed by atoms with van der Waals surface area (Å²) in [5.74, 6) is 0.702. The molecule has 3 heteroatoms. The molecule has 8 aromatic carbocycles. The molecule has 0 amide bonds. The highest BCUT2D eigenvalue weighted by atomic mass is 14.9. The standard InChI is InChI=1S/C63H53N3/c1-5-63(6-2,57-39-35-48(36-40-57)46(4)64-59(53-23-15-9-16-24-53)43-45(3)47-27-29-51(30-28-47)49-19-11-7-12-20-49)58-41-37-56(38-42-58)62-65-60(54-25-17-10-18-26-54)44-61(66-62)55-33-31-52(32-34-55)50-21-13-8-14-22-50/h7-44H,4-6H2,1-3H3/b45-43+,64-59?. The van der Waals surface area contributed by atoms with Crippen LogP contribution < -0.4 is 0 Å². The van der Waals surface area contributed by atoms with Crippen molar-refractivity contribution in [2.24, 2.45) is 4.99 Å². The molecule has 0 aliphatic rings. The zero-order valence-corrected chi connectivity index (χ0v) is 37.9. The summed E-state index contributed by atoms with van der Waals surface area (Å²) in [6, 6.07) is 78.9. The molecule has 0 unspecified atom stereocenters. The van der Waals surface area contributed by atoms with Crippen LogP contribution in [0.4, 0.5) is 0 Å². The van der Waals surface area contributed by atoms with Gasteiger partial charge in [-0.05, 0) is 82.0 Å². The van der Waals surface area contributed by atoms with Gasteiger partial charge in [0.15, 0.2) is 5.82 Å². The first-order chi connectivity index (χ1) is 32.4. The maximum absolute atomic E-state index is 5.18. The van der Waals surface area contributed by atoms with Crippen molar-refractivity contribution in [1.82, 2.24) is 9.97 Å². The van der Waals surface area contributed by atoms with Crippen molar-refractivity contribution < 1.29 is 0 Å². The van der Waals surface area contributed by atoms with Crippen LogP contribution >= 0.6 is 0 Å². The van der Waals surface area contributed by atoms with Crippen LogP contribution in [-0.2, 0) is 5.41 Å². The van der Waals surface area contributed by atoms with Crippen molar-refractivity contribution in [3.05, 3.63) is 265 Å². The molecular formula is C63H53N3. The largest absolute Gasteiger partial charge is 0.248 e. The average molecular weight is 852 g/mol. The number of aliphatic imine (C=N–C) groups is 1. The van der Waals surface area contributed by atoms with Gasteiger partial charge in [0.25, 0.3) is 0 Å². The summed E-state index contributed by atoms with van der Waals surface area (Å²) < 4.78 is 0. The number of nitrogens with zero attached hydrogens (tertiary/aromatic N) is 3. The van der Waals surface area contributed by atoms with Crippen LogP contribution in [0.1, 0.15) is 61.4 Å². The number of allylic oxidation sites excluding steroid dienone is 2. The maximum Gasteiger partial charge on any atom is 0.160 e. The number of aromatic nitrogens is 2.